The minimum absolute atomic E-state index is 0.234. The van der Waals surface area contributed by atoms with Crippen molar-refractivity contribution in [2.75, 3.05) is 45.8 Å². The highest BCUT2D eigenvalue weighted by Crippen LogP contribution is 2.23. The van der Waals surface area contributed by atoms with Crippen molar-refractivity contribution < 1.29 is 4.79 Å². The molecule has 4 heteroatoms. The summed E-state index contributed by atoms with van der Waals surface area (Å²) in [5, 5.41) is 3.35. The third-order valence-corrected chi connectivity index (χ3v) is 3.80. The first-order valence-corrected chi connectivity index (χ1v) is 6.82. The van der Waals surface area contributed by atoms with E-state index in [0.29, 0.717) is 5.91 Å². The molecule has 2 aliphatic heterocycles. The van der Waals surface area contributed by atoms with Crippen LogP contribution in [0, 0.1) is 5.41 Å². The molecule has 2 heterocycles. The van der Waals surface area contributed by atoms with Gasteiger partial charge in [0.1, 0.15) is 0 Å². The van der Waals surface area contributed by atoms with Crippen LogP contribution in [-0.4, -0.2) is 61.5 Å². The summed E-state index contributed by atoms with van der Waals surface area (Å²) < 4.78 is 0. The number of hydrogen-bond acceptors (Lipinski definition) is 3. The average molecular weight is 239 g/mol. The Morgan fingerprint density at radius 3 is 2.29 bits per heavy atom. The molecule has 1 amide bonds. The zero-order valence-corrected chi connectivity index (χ0v) is 11.2. The van der Waals surface area contributed by atoms with E-state index in [9.17, 15) is 4.79 Å². The second-order valence-corrected chi connectivity index (χ2v) is 5.91. The summed E-state index contributed by atoms with van der Waals surface area (Å²) in [6.45, 7) is 11.2. The first kappa shape index (κ1) is 12.8. The van der Waals surface area contributed by atoms with Crippen molar-refractivity contribution in [3.63, 3.8) is 0 Å². The summed E-state index contributed by atoms with van der Waals surface area (Å²) >= 11 is 0. The number of hydrogen-bond donors (Lipinski definition) is 1. The smallest absolute Gasteiger partial charge is 0.229 e. The Morgan fingerprint density at radius 2 is 1.71 bits per heavy atom. The van der Waals surface area contributed by atoms with Gasteiger partial charge in [-0.3, -0.25) is 9.69 Å². The molecule has 4 nitrogen and oxygen atoms in total. The molecular formula is C13H25N3O. The predicted molar refractivity (Wildman–Crippen MR) is 68.9 cm³/mol. The largest absolute Gasteiger partial charge is 0.342 e. The molecule has 2 fully saturated rings. The van der Waals surface area contributed by atoms with E-state index < -0.39 is 0 Å². The fourth-order valence-corrected chi connectivity index (χ4v) is 2.84. The SMILES string of the molecule is CC(C)(CN1CCNCC1)C(=O)N1CCCC1. The standard InChI is InChI=1S/C13H25N3O/c1-13(2,11-15-9-5-14-6-10-15)12(17)16-7-3-4-8-16/h14H,3-11H2,1-2H3. The second-order valence-electron chi connectivity index (χ2n) is 5.91. The fraction of sp³-hybridized carbons (Fsp3) is 0.923. The van der Waals surface area contributed by atoms with Crippen LogP contribution in [0.3, 0.4) is 0 Å². The lowest BCUT2D eigenvalue weighted by atomic mass is 9.90. The fourth-order valence-electron chi connectivity index (χ4n) is 2.84. The van der Waals surface area contributed by atoms with Crippen molar-refractivity contribution in [1.82, 2.24) is 15.1 Å². The lowest BCUT2D eigenvalue weighted by Crippen LogP contribution is -2.51. The predicted octanol–water partition coefficient (Wildman–Crippen LogP) is 0.540. The first-order valence-electron chi connectivity index (χ1n) is 6.82. The van der Waals surface area contributed by atoms with Gasteiger partial charge in [0.05, 0.1) is 5.41 Å². The van der Waals surface area contributed by atoms with E-state index >= 15 is 0 Å². The summed E-state index contributed by atoms with van der Waals surface area (Å²) in [6.07, 6.45) is 2.35. The molecule has 17 heavy (non-hydrogen) atoms. The Balaban J connectivity index is 1.89. The van der Waals surface area contributed by atoms with E-state index in [1.165, 1.54) is 12.8 Å². The molecule has 0 spiro atoms. The lowest BCUT2D eigenvalue weighted by Gasteiger charge is -2.36. The summed E-state index contributed by atoms with van der Waals surface area (Å²) in [6, 6.07) is 0. The van der Waals surface area contributed by atoms with E-state index in [1.54, 1.807) is 0 Å². The number of nitrogens with one attached hydrogen (secondary N) is 1. The van der Waals surface area contributed by atoms with Gasteiger partial charge in [0.2, 0.25) is 5.91 Å². The van der Waals surface area contributed by atoms with Gasteiger partial charge in [0.15, 0.2) is 0 Å². The normalized spacial score (nSPS) is 23.1. The van der Waals surface area contributed by atoms with Gasteiger partial charge in [-0.25, -0.2) is 0 Å². The Kier molecular flexibility index (Phi) is 4.05. The maximum absolute atomic E-state index is 12.4. The van der Waals surface area contributed by atoms with Gasteiger partial charge in [-0.2, -0.15) is 0 Å². The van der Waals surface area contributed by atoms with E-state index in [0.717, 1.165) is 45.8 Å². The van der Waals surface area contributed by atoms with Crippen molar-refractivity contribution in [1.29, 1.82) is 0 Å². The molecule has 0 aromatic rings. The molecular weight excluding hydrogens is 214 g/mol. The molecule has 2 aliphatic rings. The summed E-state index contributed by atoms with van der Waals surface area (Å²) in [5.41, 5.74) is -0.234. The van der Waals surface area contributed by atoms with Crippen LogP contribution in [0.15, 0.2) is 0 Å². The van der Waals surface area contributed by atoms with Crippen LogP contribution in [0.5, 0.6) is 0 Å². The van der Waals surface area contributed by atoms with Gasteiger partial charge in [-0.05, 0) is 26.7 Å². The first-order chi connectivity index (χ1) is 8.09. The summed E-state index contributed by atoms with van der Waals surface area (Å²) in [4.78, 5) is 16.9. The molecule has 0 unspecified atom stereocenters. The molecule has 0 bridgehead atoms. The Labute approximate surface area is 104 Å². The summed E-state index contributed by atoms with van der Waals surface area (Å²) in [7, 11) is 0. The zero-order chi connectivity index (χ0) is 12.3. The zero-order valence-electron chi connectivity index (χ0n) is 11.2. The topological polar surface area (TPSA) is 35.6 Å². The number of carbonyl (C=O) groups excluding carboxylic acids is 1. The highest BCUT2D eigenvalue weighted by Gasteiger charge is 2.34. The number of likely N-dealkylation sites (tertiary alicyclic amines) is 1. The molecule has 0 atom stereocenters. The summed E-state index contributed by atoms with van der Waals surface area (Å²) in [5.74, 6) is 0.341. The van der Waals surface area contributed by atoms with Gasteiger partial charge < -0.3 is 10.2 Å². The molecule has 1 N–H and O–H groups in total. The van der Waals surface area contributed by atoms with Gasteiger partial charge in [0, 0.05) is 45.8 Å². The molecule has 2 rings (SSSR count). The minimum atomic E-state index is -0.234. The van der Waals surface area contributed by atoms with Gasteiger partial charge in [-0.1, -0.05) is 0 Å². The van der Waals surface area contributed by atoms with Crippen molar-refractivity contribution in [3.8, 4) is 0 Å². The molecule has 98 valence electrons. The van der Waals surface area contributed by atoms with E-state index in [1.807, 2.05) is 4.90 Å². The second kappa shape index (κ2) is 5.36. The van der Waals surface area contributed by atoms with Crippen LogP contribution in [-0.2, 0) is 4.79 Å². The average Bonchev–Trinajstić information content (AvgIpc) is 2.82. The highest BCUT2D eigenvalue weighted by atomic mass is 16.2. The van der Waals surface area contributed by atoms with Crippen molar-refractivity contribution in [3.05, 3.63) is 0 Å². The van der Waals surface area contributed by atoms with Crippen LogP contribution in [0.1, 0.15) is 26.7 Å². The van der Waals surface area contributed by atoms with Crippen LogP contribution >= 0.6 is 0 Å². The van der Waals surface area contributed by atoms with Crippen LogP contribution in [0.4, 0.5) is 0 Å². The number of carbonyl (C=O) groups is 1. The van der Waals surface area contributed by atoms with Crippen LogP contribution < -0.4 is 5.32 Å². The molecule has 2 saturated heterocycles. The highest BCUT2D eigenvalue weighted by molar-refractivity contribution is 5.82. The van der Waals surface area contributed by atoms with E-state index in [-0.39, 0.29) is 5.41 Å². The number of amides is 1. The van der Waals surface area contributed by atoms with Gasteiger partial charge >= 0.3 is 0 Å². The quantitative estimate of drug-likeness (QED) is 0.781. The van der Waals surface area contributed by atoms with Crippen LogP contribution in [0.2, 0.25) is 0 Å². The Morgan fingerprint density at radius 1 is 1.12 bits per heavy atom. The van der Waals surface area contributed by atoms with E-state index in [2.05, 4.69) is 24.1 Å². The number of piperazine rings is 1. The third kappa shape index (κ3) is 3.19. The van der Waals surface area contributed by atoms with E-state index in [4.69, 9.17) is 0 Å². The molecule has 0 aromatic carbocycles. The molecule has 0 aromatic heterocycles. The van der Waals surface area contributed by atoms with Crippen molar-refractivity contribution in [2.45, 2.75) is 26.7 Å². The third-order valence-electron chi connectivity index (χ3n) is 3.80. The Bertz CT molecular complexity index is 266. The Hall–Kier alpha value is -0.610. The molecule has 0 radical (unpaired) electrons. The monoisotopic (exact) mass is 239 g/mol. The van der Waals surface area contributed by atoms with Crippen molar-refractivity contribution in [2.24, 2.45) is 5.41 Å². The van der Waals surface area contributed by atoms with Crippen molar-refractivity contribution >= 4 is 5.91 Å². The molecule has 0 aliphatic carbocycles. The van der Waals surface area contributed by atoms with Gasteiger partial charge in [-0.15, -0.1) is 0 Å². The maximum atomic E-state index is 12.4. The van der Waals surface area contributed by atoms with Gasteiger partial charge in [0.25, 0.3) is 0 Å². The van der Waals surface area contributed by atoms with Crippen LogP contribution in [0.25, 0.3) is 0 Å². The molecule has 0 saturated carbocycles. The number of rotatable bonds is 3. The number of nitrogens with zero attached hydrogens (tertiary/aromatic N) is 2. The lowest BCUT2D eigenvalue weighted by molar-refractivity contribution is -0.140. The minimum Gasteiger partial charge on any atom is -0.342 e. The maximum Gasteiger partial charge on any atom is 0.229 e.